The quantitative estimate of drug-likeness (QED) is 0.220. The predicted molar refractivity (Wildman–Crippen MR) is 153 cm³/mol. The van der Waals surface area contributed by atoms with Crippen molar-refractivity contribution in [1.29, 1.82) is 0 Å². The van der Waals surface area contributed by atoms with E-state index in [2.05, 4.69) is 10.1 Å². The van der Waals surface area contributed by atoms with Gasteiger partial charge in [-0.15, -0.1) is 11.3 Å². The molecule has 0 aliphatic carbocycles. The number of methoxy groups -OCH3 is 1. The van der Waals surface area contributed by atoms with Gasteiger partial charge in [0.15, 0.2) is 0 Å². The lowest BCUT2D eigenvalue weighted by Crippen LogP contribution is -2.55. The summed E-state index contributed by atoms with van der Waals surface area (Å²) in [5.41, 5.74) is -1.37. The third kappa shape index (κ3) is 6.53. The number of rotatable bonds is 6. The summed E-state index contributed by atoms with van der Waals surface area (Å²) < 4.78 is 87.0. The van der Waals surface area contributed by atoms with Crippen molar-refractivity contribution in [2.45, 2.75) is 38.7 Å². The Kier molecular flexibility index (Phi) is 8.66. The number of nitrogens with zero attached hydrogens (tertiary/aromatic N) is 5. The zero-order chi connectivity index (χ0) is 32.7. The molecule has 2 aromatic carbocycles. The molecule has 1 aliphatic heterocycles. The number of hydrogen-bond acceptors (Lipinski definition) is 6. The summed E-state index contributed by atoms with van der Waals surface area (Å²) >= 11 is 1.35. The number of benzene rings is 2. The van der Waals surface area contributed by atoms with Gasteiger partial charge in [0.1, 0.15) is 5.75 Å². The van der Waals surface area contributed by atoms with Crippen LogP contribution in [-0.4, -0.2) is 69.2 Å². The Labute approximate surface area is 257 Å². The number of carbonyl (C=O) groups is 2. The Balaban J connectivity index is 1.34. The molecule has 15 heteroatoms. The normalized spacial score (nSPS) is 15.8. The number of thiazole rings is 1. The summed E-state index contributed by atoms with van der Waals surface area (Å²) in [6.45, 7) is 3.39. The number of halogens is 6. The fraction of sp³-hybridized carbons (Fsp3) is 0.333. The molecule has 1 saturated heterocycles. The van der Waals surface area contributed by atoms with Crippen molar-refractivity contribution in [2.75, 3.05) is 26.7 Å². The van der Waals surface area contributed by atoms with Gasteiger partial charge in [0.2, 0.25) is 5.13 Å². The van der Waals surface area contributed by atoms with E-state index in [4.69, 9.17) is 4.74 Å². The third-order valence-electron chi connectivity index (χ3n) is 7.48. The van der Waals surface area contributed by atoms with Gasteiger partial charge in [0, 0.05) is 42.2 Å². The minimum absolute atomic E-state index is 0.0151. The first-order valence-electron chi connectivity index (χ1n) is 13.8. The molecule has 2 amide bonds. The van der Waals surface area contributed by atoms with Crippen LogP contribution in [0.15, 0.2) is 54.0 Å². The van der Waals surface area contributed by atoms with Crippen molar-refractivity contribution in [3.63, 3.8) is 0 Å². The smallest absolute Gasteiger partial charge is 0.416 e. The van der Waals surface area contributed by atoms with Gasteiger partial charge in [-0.3, -0.25) is 9.59 Å². The van der Waals surface area contributed by atoms with Gasteiger partial charge >= 0.3 is 12.4 Å². The Morgan fingerprint density at radius 3 is 2.29 bits per heavy atom. The number of hydrogen-bond donors (Lipinski definition) is 0. The van der Waals surface area contributed by atoms with Crippen molar-refractivity contribution >= 4 is 23.2 Å². The van der Waals surface area contributed by atoms with Crippen molar-refractivity contribution in [1.82, 2.24) is 24.6 Å². The summed E-state index contributed by atoms with van der Waals surface area (Å²) in [5, 5.41) is 6.83. The molecule has 45 heavy (non-hydrogen) atoms. The van der Waals surface area contributed by atoms with Gasteiger partial charge in [0.05, 0.1) is 41.4 Å². The van der Waals surface area contributed by atoms with Crippen LogP contribution in [-0.2, 0) is 18.8 Å². The number of aromatic nitrogens is 3. The van der Waals surface area contributed by atoms with Gasteiger partial charge in [-0.2, -0.15) is 31.4 Å². The van der Waals surface area contributed by atoms with Crippen molar-refractivity contribution in [2.24, 2.45) is 0 Å². The van der Waals surface area contributed by atoms with Crippen LogP contribution in [0, 0.1) is 0 Å². The maximum absolute atomic E-state index is 13.6. The molecular weight excluding hydrogens is 624 g/mol. The molecule has 2 aromatic heterocycles. The monoisotopic (exact) mass is 651 g/mol. The van der Waals surface area contributed by atoms with Crippen LogP contribution >= 0.6 is 11.3 Å². The zero-order valence-corrected chi connectivity index (χ0v) is 25.1. The molecule has 8 nitrogen and oxygen atoms in total. The van der Waals surface area contributed by atoms with E-state index < -0.39 is 41.0 Å². The summed E-state index contributed by atoms with van der Waals surface area (Å²) in [6, 6.07) is 7.55. The Bertz CT molecular complexity index is 1700. The van der Waals surface area contributed by atoms with Crippen LogP contribution in [0.5, 0.6) is 5.75 Å². The molecule has 1 fully saturated rings. The average Bonchev–Trinajstić information content (AvgIpc) is 3.67. The first-order valence-corrected chi connectivity index (χ1v) is 14.7. The summed E-state index contributed by atoms with van der Waals surface area (Å²) in [6.07, 6.45) is -8.27. The largest absolute Gasteiger partial charge is 0.497 e. The Morgan fingerprint density at radius 1 is 1.00 bits per heavy atom. The molecular formula is C30H27F6N5O3S. The van der Waals surface area contributed by atoms with Gasteiger partial charge in [0.25, 0.3) is 11.8 Å². The zero-order valence-electron chi connectivity index (χ0n) is 24.2. The summed E-state index contributed by atoms with van der Waals surface area (Å²) in [7, 11) is 1.57. The van der Waals surface area contributed by atoms with E-state index in [0.717, 1.165) is 5.56 Å². The SMILES string of the molecule is CCc1c(C(=O)N2CCN(C(=O)c3cc(C(F)(F)F)cc(C(F)(F)F)c3)C(C)C2)cnn1-c1nc(-c2cccc(OC)c2)cs1. The van der Waals surface area contributed by atoms with E-state index in [0.29, 0.717) is 46.4 Å². The number of alkyl halides is 6. The van der Waals surface area contributed by atoms with Crippen molar-refractivity contribution in [3.05, 3.63) is 82.0 Å². The minimum Gasteiger partial charge on any atom is -0.497 e. The Hall–Kier alpha value is -4.40. The highest BCUT2D eigenvalue weighted by molar-refractivity contribution is 7.12. The second-order valence-corrected chi connectivity index (χ2v) is 11.2. The molecule has 0 radical (unpaired) electrons. The van der Waals surface area contributed by atoms with E-state index in [1.165, 1.54) is 27.3 Å². The molecule has 0 N–H and O–H groups in total. The molecule has 238 valence electrons. The molecule has 3 heterocycles. The molecule has 4 aromatic rings. The molecule has 5 rings (SSSR count). The number of ether oxygens (including phenoxy) is 1. The van der Waals surface area contributed by atoms with E-state index in [1.54, 1.807) is 18.7 Å². The van der Waals surface area contributed by atoms with Crippen LogP contribution in [0.2, 0.25) is 0 Å². The van der Waals surface area contributed by atoms with Crippen LogP contribution in [0.1, 0.15) is 51.4 Å². The second-order valence-electron chi connectivity index (χ2n) is 10.4. The minimum atomic E-state index is -5.08. The van der Waals surface area contributed by atoms with Gasteiger partial charge in [-0.25, -0.2) is 9.67 Å². The van der Waals surface area contributed by atoms with E-state index >= 15 is 0 Å². The van der Waals surface area contributed by atoms with Crippen LogP contribution < -0.4 is 4.74 Å². The highest BCUT2D eigenvalue weighted by Gasteiger charge is 2.39. The molecule has 0 saturated carbocycles. The van der Waals surface area contributed by atoms with Gasteiger partial charge in [-0.1, -0.05) is 19.1 Å². The van der Waals surface area contributed by atoms with Crippen LogP contribution in [0.25, 0.3) is 16.4 Å². The van der Waals surface area contributed by atoms with E-state index in [1.807, 2.05) is 36.6 Å². The standard InChI is InChI=1S/C30H27F6N5O3S/c1-4-25-23(14-37-41(25)28-38-24(16-45-28)18-6-5-7-22(12-18)44-3)27(43)39-8-9-40(17(2)15-39)26(42)19-10-20(29(31,32)33)13-21(11-19)30(34,35)36/h5-7,10-14,16-17H,4,8-9,15H2,1-3H3. The van der Waals surface area contributed by atoms with Crippen molar-refractivity contribution < 1.29 is 40.7 Å². The molecule has 0 spiro atoms. The first kappa shape index (κ1) is 32.0. The highest BCUT2D eigenvalue weighted by Crippen LogP contribution is 2.37. The lowest BCUT2D eigenvalue weighted by atomic mass is 10.0. The van der Waals surface area contributed by atoms with Gasteiger partial charge in [-0.05, 0) is 43.7 Å². The van der Waals surface area contributed by atoms with Crippen LogP contribution in [0.4, 0.5) is 26.3 Å². The summed E-state index contributed by atoms with van der Waals surface area (Å²) in [5.74, 6) is -0.663. The number of amides is 2. The molecule has 1 atom stereocenters. The molecule has 1 aliphatic rings. The fourth-order valence-corrected chi connectivity index (χ4v) is 6.01. The molecule has 0 bridgehead atoms. The lowest BCUT2D eigenvalue weighted by Gasteiger charge is -2.40. The third-order valence-corrected chi connectivity index (χ3v) is 8.30. The lowest BCUT2D eigenvalue weighted by molar-refractivity contribution is -0.143. The van der Waals surface area contributed by atoms with E-state index in [-0.39, 0.29) is 31.6 Å². The average molecular weight is 652 g/mol. The van der Waals surface area contributed by atoms with Crippen molar-refractivity contribution in [3.8, 4) is 22.1 Å². The van der Waals surface area contributed by atoms with E-state index in [9.17, 15) is 35.9 Å². The highest BCUT2D eigenvalue weighted by atomic mass is 32.1. The maximum Gasteiger partial charge on any atom is 0.416 e. The second kappa shape index (κ2) is 12.2. The first-order chi connectivity index (χ1) is 21.2. The Morgan fingerprint density at radius 2 is 1.69 bits per heavy atom. The topological polar surface area (TPSA) is 80.6 Å². The predicted octanol–water partition coefficient (Wildman–Crippen LogP) is 6.59. The number of piperazine rings is 1. The number of carbonyl (C=O) groups excluding carboxylic acids is 2. The molecule has 1 unspecified atom stereocenters. The summed E-state index contributed by atoms with van der Waals surface area (Å²) in [4.78, 5) is 34.1. The maximum atomic E-state index is 13.6. The fourth-order valence-electron chi connectivity index (χ4n) is 5.19. The van der Waals surface area contributed by atoms with Gasteiger partial charge < -0.3 is 14.5 Å². The van der Waals surface area contributed by atoms with Crippen LogP contribution in [0.3, 0.4) is 0 Å².